The van der Waals surface area contributed by atoms with E-state index in [-0.39, 0.29) is 12.0 Å². The summed E-state index contributed by atoms with van der Waals surface area (Å²) in [5, 5.41) is 17.6. The van der Waals surface area contributed by atoms with Gasteiger partial charge in [-0.1, -0.05) is 25.4 Å². The first-order valence-corrected chi connectivity index (χ1v) is 6.32. The molecular weight excluding hydrogens is 238 g/mol. The summed E-state index contributed by atoms with van der Waals surface area (Å²) in [5.74, 6) is 0. The molecule has 1 aromatic heterocycles. The third-order valence-corrected chi connectivity index (χ3v) is 3.27. The van der Waals surface area contributed by atoms with Gasteiger partial charge in [0.15, 0.2) is 0 Å². The highest BCUT2D eigenvalue weighted by Gasteiger charge is 2.17. The Balaban J connectivity index is 2.63. The Morgan fingerprint density at radius 1 is 1.47 bits per heavy atom. The van der Waals surface area contributed by atoms with E-state index in [9.17, 15) is 0 Å². The van der Waals surface area contributed by atoms with E-state index < -0.39 is 0 Å². The minimum Gasteiger partial charge on any atom is -0.396 e. The number of rotatable bonds is 6. The number of aliphatic hydroxyl groups excluding tert-OH is 1. The number of halogens is 1. The number of aliphatic hydroxyl groups is 1. The monoisotopic (exact) mass is 259 g/mol. The van der Waals surface area contributed by atoms with Gasteiger partial charge in [-0.05, 0) is 13.8 Å². The molecule has 0 fully saturated rings. The summed E-state index contributed by atoms with van der Waals surface area (Å²) in [4.78, 5) is 0. The predicted molar refractivity (Wildman–Crippen MR) is 70.2 cm³/mol. The van der Waals surface area contributed by atoms with Gasteiger partial charge >= 0.3 is 0 Å². The largest absolute Gasteiger partial charge is 0.396 e. The van der Waals surface area contributed by atoms with Crippen LogP contribution >= 0.6 is 11.6 Å². The van der Waals surface area contributed by atoms with Crippen LogP contribution < -0.4 is 5.32 Å². The van der Waals surface area contributed by atoms with Crippen LogP contribution in [-0.2, 0) is 13.1 Å². The van der Waals surface area contributed by atoms with Gasteiger partial charge in [0.05, 0.1) is 16.4 Å². The first-order valence-electron chi connectivity index (χ1n) is 5.94. The molecule has 0 aliphatic carbocycles. The lowest BCUT2D eigenvalue weighted by molar-refractivity contribution is 0.156. The molecule has 4 nitrogen and oxygen atoms in total. The van der Waals surface area contributed by atoms with Crippen molar-refractivity contribution in [1.29, 1.82) is 0 Å². The first-order chi connectivity index (χ1) is 7.91. The third-order valence-electron chi connectivity index (χ3n) is 2.78. The maximum atomic E-state index is 9.17. The number of aryl methyl sites for hydroxylation is 2. The van der Waals surface area contributed by atoms with E-state index in [1.165, 1.54) is 0 Å². The normalized spacial score (nSPS) is 12.1. The van der Waals surface area contributed by atoms with Crippen molar-refractivity contribution in [2.45, 2.75) is 40.8 Å². The molecule has 0 atom stereocenters. The second-order valence-electron chi connectivity index (χ2n) is 5.09. The standard InChI is InChI=1S/C12H22ClN3O/c1-5-16-10(11(13)9(2)15-16)6-14-7-12(3,4)8-17/h14,17H,5-8H2,1-4H3. The zero-order valence-corrected chi connectivity index (χ0v) is 11.8. The van der Waals surface area contributed by atoms with Crippen molar-refractivity contribution in [1.82, 2.24) is 15.1 Å². The number of nitrogens with zero attached hydrogens (tertiary/aromatic N) is 2. The van der Waals surface area contributed by atoms with E-state index in [2.05, 4.69) is 10.4 Å². The molecule has 1 heterocycles. The van der Waals surface area contributed by atoms with E-state index in [4.69, 9.17) is 16.7 Å². The Morgan fingerprint density at radius 2 is 2.12 bits per heavy atom. The van der Waals surface area contributed by atoms with Gasteiger partial charge in [0.1, 0.15) is 0 Å². The molecule has 17 heavy (non-hydrogen) atoms. The van der Waals surface area contributed by atoms with Crippen LogP contribution in [0.3, 0.4) is 0 Å². The van der Waals surface area contributed by atoms with Crippen molar-refractivity contribution < 1.29 is 5.11 Å². The average molecular weight is 260 g/mol. The number of nitrogens with one attached hydrogen (secondary N) is 1. The van der Waals surface area contributed by atoms with Gasteiger partial charge in [-0.15, -0.1) is 0 Å². The fourth-order valence-electron chi connectivity index (χ4n) is 1.61. The second-order valence-corrected chi connectivity index (χ2v) is 5.47. The molecule has 0 aliphatic rings. The summed E-state index contributed by atoms with van der Waals surface area (Å²) in [6.45, 7) is 10.4. The molecule has 1 rings (SSSR count). The molecule has 0 saturated heterocycles. The van der Waals surface area contributed by atoms with Gasteiger partial charge in [0.2, 0.25) is 0 Å². The van der Waals surface area contributed by atoms with Crippen molar-refractivity contribution >= 4 is 11.6 Å². The van der Waals surface area contributed by atoms with Crippen LogP contribution in [0.25, 0.3) is 0 Å². The van der Waals surface area contributed by atoms with Gasteiger partial charge in [0, 0.05) is 31.7 Å². The molecule has 0 saturated carbocycles. The highest BCUT2D eigenvalue weighted by molar-refractivity contribution is 6.31. The van der Waals surface area contributed by atoms with Crippen LogP contribution in [0.5, 0.6) is 0 Å². The SMILES string of the molecule is CCn1nc(C)c(Cl)c1CNCC(C)(C)CO. The summed E-state index contributed by atoms with van der Waals surface area (Å²) in [7, 11) is 0. The van der Waals surface area contributed by atoms with Crippen LogP contribution in [0.2, 0.25) is 5.02 Å². The van der Waals surface area contributed by atoms with Crippen LogP contribution in [0, 0.1) is 12.3 Å². The molecule has 0 radical (unpaired) electrons. The maximum absolute atomic E-state index is 9.17. The molecular formula is C12H22ClN3O. The second kappa shape index (κ2) is 5.85. The highest BCUT2D eigenvalue weighted by Crippen LogP contribution is 2.20. The first kappa shape index (κ1) is 14.5. The predicted octanol–water partition coefficient (Wildman–Crippen LogP) is 1.97. The molecule has 5 heteroatoms. The van der Waals surface area contributed by atoms with E-state index in [1.54, 1.807) is 0 Å². The summed E-state index contributed by atoms with van der Waals surface area (Å²) in [6, 6.07) is 0. The van der Waals surface area contributed by atoms with Crippen LogP contribution in [0.4, 0.5) is 0 Å². The molecule has 0 aromatic carbocycles. The van der Waals surface area contributed by atoms with E-state index in [0.29, 0.717) is 6.54 Å². The van der Waals surface area contributed by atoms with Crippen LogP contribution in [-0.4, -0.2) is 28.0 Å². The van der Waals surface area contributed by atoms with Gasteiger partial charge in [-0.3, -0.25) is 4.68 Å². The topological polar surface area (TPSA) is 50.1 Å². The molecule has 98 valence electrons. The van der Waals surface area contributed by atoms with E-state index >= 15 is 0 Å². The molecule has 0 aliphatic heterocycles. The summed E-state index contributed by atoms with van der Waals surface area (Å²) < 4.78 is 1.91. The number of hydrogen-bond donors (Lipinski definition) is 2. The highest BCUT2D eigenvalue weighted by atomic mass is 35.5. The van der Waals surface area contributed by atoms with E-state index in [0.717, 1.165) is 29.5 Å². The summed E-state index contributed by atoms with van der Waals surface area (Å²) in [5.41, 5.74) is 1.77. The Bertz CT molecular complexity index is 374. The maximum Gasteiger partial charge on any atom is 0.0860 e. The minimum atomic E-state index is -0.113. The van der Waals surface area contributed by atoms with Crippen molar-refractivity contribution in [2.24, 2.45) is 5.41 Å². The minimum absolute atomic E-state index is 0.113. The lowest BCUT2D eigenvalue weighted by Crippen LogP contribution is -2.32. The summed E-state index contributed by atoms with van der Waals surface area (Å²) in [6.07, 6.45) is 0. The average Bonchev–Trinajstić information content (AvgIpc) is 2.56. The van der Waals surface area contributed by atoms with Crippen LogP contribution in [0.1, 0.15) is 32.2 Å². The molecule has 1 aromatic rings. The molecule has 2 N–H and O–H groups in total. The fourth-order valence-corrected chi connectivity index (χ4v) is 1.82. The molecule has 0 unspecified atom stereocenters. The molecule has 0 amide bonds. The lowest BCUT2D eigenvalue weighted by atomic mass is 9.95. The molecule has 0 spiro atoms. The fraction of sp³-hybridized carbons (Fsp3) is 0.750. The zero-order chi connectivity index (χ0) is 13.1. The third kappa shape index (κ3) is 3.69. The molecule has 0 bridgehead atoms. The quantitative estimate of drug-likeness (QED) is 0.821. The van der Waals surface area contributed by atoms with Crippen molar-refractivity contribution in [3.8, 4) is 0 Å². The number of hydrogen-bond acceptors (Lipinski definition) is 3. The Hall–Kier alpha value is -0.580. The van der Waals surface area contributed by atoms with Gasteiger partial charge in [0.25, 0.3) is 0 Å². The van der Waals surface area contributed by atoms with Crippen LogP contribution in [0.15, 0.2) is 0 Å². The van der Waals surface area contributed by atoms with Crippen molar-refractivity contribution in [3.63, 3.8) is 0 Å². The van der Waals surface area contributed by atoms with E-state index in [1.807, 2.05) is 32.4 Å². The number of aromatic nitrogens is 2. The van der Waals surface area contributed by atoms with Gasteiger partial charge in [-0.25, -0.2) is 0 Å². The van der Waals surface area contributed by atoms with Gasteiger partial charge < -0.3 is 10.4 Å². The Morgan fingerprint density at radius 3 is 2.65 bits per heavy atom. The summed E-state index contributed by atoms with van der Waals surface area (Å²) >= 11 is 6.20. The Labute approximate surface area is 108 Å². The van der Waals surface area contributed by atoms with Gasteiger partial charge in [-0.2, -0.15) is 5.10 Å². The lowest BCUT2D eigenvalue weighted by Gasteiger charge is -2.22. The van der Waals surface area contributed by atoms with Crippen molar-refractivity contribution in [2.75, 3.05) is 13.2 Å². The van der Waals surface area contributed by atoms with Crippen molar-refractivity contribution in [3.05, 3.63) is 16.4 Å². The smallest absolute Gasteiger partial charge is 0.0860 e. The zero-order valence-electron chi connectivity index (χ0n) is 11.0. The Kier molecular flexibility index (Phi) is 4.98.